The van der Waals surface area contributed by atoms with Crippen LogP contribution in [-0.2, 0) is 13.1 Å². The van der Waals surface area contributed by atoms with Crippen LogP contribution in [0.15, 0.2) is 55.6 Å². The van der Waals surface area contributed by atoms with Gasteiger partial charge in [0, 0.05) is 0 Å². The molecule has 6 N–H and O–H groups in total. The predicted molar refractivity (Wildman–Crippen MR) is 126 cm³/mol. The summed E-state index contributed by atoms with van der Waals surface area (Å²) >= 11 is 0. The fourth-order valence-electron chi connectivity index (χ4n) is 4.23. The molecule has 0 spiro atoms. The number of hydrogen-bond acceptors (Lipinski definition) is 10. The summed E-state index contributed by atoms with van der Waals surface area (Å²) in [7, 11) is 0. The van der Waals surface area contributed by atoms with E-state index < -0.39 is 56.7 Å². The first kappa shape index (κ1) is 22.5. The molecule has 0 saturated heterocycles. The molecule has 5 rings (SSSR count). The van der Waals surface area contributed by atoms with Crippen molar-refractivity contribution in [1.82, 2.24) is 9.13 Å². The van der Waals surface area contributed by atoms with Crippen molar-refractivity contribution < 1.29 is 30.6 Å². The standard InChI is InChI=1S/C24H16N2O10/c27-15-1-9(2-16(28)19(15)31)7-25-21(33)11-5-13-14(6-12(11)22(25)34)24(36)26(23(13)35)8-10-3-17(29)20(32)18(30)4-10/h1-6,27-32H,7-8H2. The monoisotopic (exact) mass is 492 g/mol. The Kier molecular flexibility index (Phi) is 4.77. The van der Waals surface area contributed by atoms with Gasteiger partial charge in [0.2, 0.25) is 0 Å². The number of hydrogen-bond donors (Lipinski definition) is 6. The molecule has 2 heterocycles. The third-order valence-corrected chi connectivity index (χ3v) is 6.00. The van der Waals surface area contributed by atoms with Crippen molar-refractivity contribution in [1.29, 1.82) is 0 Å². The average molecular weight is 492 g/mol. The van der Waals surface area contributed by atoms with E-state index in [-0.39, 0.29) is 45.8 Å². The Morgan fingerprint density at radius 1 is 0.444 bits per heavy atom. The molecular weight excluding hydrogens is 476 g/mol. The van der Waals surface area contributed by atoms with Gasteiger partial charge in [0.1, 0.15) is 0 Å². The zero-order valence-corrected chi connectivity index (χ0v) is 18.1. The normalized spacial score (nSPS) is 11.6. The summed E-state index contributed by atoms with van der Waals surface area (Å²) < 4.78 is 1.61. The lowest BCUT2D eigenvalue weighted by Crippen LogP contribution is -2.26. The number of phenolic OH excluding ortho intramolecular Hbond substituents is 6. The third kappa shape index (κ3) is 3.23. The summed E-state index contributed by atoms with van der Waals surface area (Å²) in [6.07, 6.45) is 0. The molecule has 0 bridgehead atoms. The molecule has 0 aliphatic carbocycles. The van der Waals surface area contributed by atoms with Gasteiger partial charge in [0.25, 0.3) is 22.2 Å². The van der Waals surface area contributed by atoms with Gasteiger partial charge in [-0.2, -0.15) is 0 Å². The maximum atomic E-state index is 13.0. The highest BCUT2D eigenvalue weighted by Crippen LogP contribution is 2.36. The van der Waals surface area contributed by atoms with Gasteiger partial charge in [-0.15, -0.1) is 0 Å². The van der Waals surface area contributed by atoms with Crippen molar-refractivity contribution in [2.45, 2.75) is 13.1 Å². The maximum absolute atomic E-state index is 13.0. The lowest BCUT2D eigenvalue weighted by Gasteiger charge is -2.06. The van der Waals surface area contributed by atoms with Gasteiger partial charge in [0.05, 0.1) is 34.6 Å². The van der Waals surface area contributed by atoms with Gasteiger partial charge in [-0.1, -0.05) is 0 Å². The highest BCUT2D eigenvalue weighted by atomic mass is 16.3. The van der Waals surface area contributed by atoms with Gasteiger partial charge in [-0.25, -0.2) is 0 Å². The molecule has 0 radical (unpaired) electrons. The third-order valence-electron chi connectivity index (χ3n) is 6.00. The molecule has 0 aliphatic heterocycles. The first-order valence-corrected chi connectivity index (χ1v) is 10.4. The van der Waals surface area contributed by atoms with Gasteiger partial charge in [-0.05, 0) is 47.5 Å². The number of benzene rings is 3. The molecule has 5 aromatic rings. The zero-order valence-electron chi connectivity index (χ0n) is 18.1. The summed E-state index contributed by atoms with van der Waals surface area (Å²) in [5.74, 6) is -4.09. The van der Waals surface area contributed by atoms with Crippen LogP contribution in [0.1, 0.15) is 11.1 Å². The Morgan fingerprint density at radius 3 is 0.944 bits per heavy atom. The SMILES string of the molecule is O=c1c2cc3c(=O)n(Cc4cc(O)c(O)c(O)c4)c(=O)c3cc2c(=O)n1Cc1cc(O)c(O)c(O)c1. The largest absolute Gasteiger partial charge is 0.504 e. The summed E-state index contributed by atoms with van der Waals surface area (Å²) in [5, 5.41) is 57.3. The van der Waals surface area contributed by atoms with Crippen LogP contribution < -0.4 is 22.2 Å². The Balaban J connectivity index is 1.64. The molecule has 0 atom stereocenters. The van der Waals surface area contributed by atoms with Gasteiger partial charge in [-0.3, -0.25) is 28.3 Å². The van der Waals surface area contributed by atoms with Gasteiger partial charge < -0.3 is 30.6 Å². The van der Waals surface area contributed by atoms with Crippen LogP contribution in [-0.4, -0.2) is 39.8 Å². The summed E-state index contributed by atoms with van der Waals surface area (Å²) in [5.41, 5.74) is -2.78. The number of aromatic nitrogens is 2. The Hall–Kier alpha value is -5.26. The van der Waals surface area contributed by atoms with E-state index in [1.54, 1.807) is 0 Å². The molecule has 12 heteroatoms. The fraction of sp³-hybridized carbons (Fsp3) is 0.0833. The quantitative estimate of drug-likeness (QED) is 0.189. The number of rotatable bonds is 4. The zero-order chi connectivity index (χ0) is 26.0. The van der Waals surface area contributed by atoms with E-state index in [2.05, 4.69) is 0 Å². The lowest BCUT2D eigenvalue weighted by atomic mass is 10.1. The van der Waals surface area contributed by atoms with E-state index in [0.29, 0.717) is 0 Å². The lowest BCUT2D eigenvalue weighted by molar-refractivity contribution is 0.367. The van der Waals surface area contributed by atoms with E-state index in [9.17, 15) is 49.8 Å². The van der Waals surface area contributed by atoms with E-state index in [4.69, 9.17) is 0 Å². The Bertz CT molecular complexity index is 1680. The topological polar surface area (TPSA) is 200 Å². The molecule has 12 nitrogen and oxygen atoms in total. The minimum Gasteiger partial charge on any atom is -0.504 e. The van der Waals surface area contributed by atoms with Crippen molar-refractivity contribution in [2.24, 2.45) is 0 Å². The number of phenols is 6. The average Bonchev–Trinajstić information content (AvgIpc) is 3.20. The van der Waals surface area contributed by atoms with Gasteiger partial charge in [0.15, 0.2) is 34.5 Å². The van der Waals surface area contributed by atoms with Crippen molar-refractivity contribution in [3.8, 4) is 34.5 Å². The van der Waals surface area contributed by atoms with Crippen molar-refractivity contribution in [2.75, 3.05) is 0 Å². The molecule has 36 heavy (non-hydrogen) atoms. The number of nitrogens with zero attached hydrogens (tertiary/aromatic N) is 2. The van der Waals surface area contributed by atoms with E-state index >= 15 is 0 Å². The number of fused-ring (bicyclic) bond motifs is 2. The van der Waals surface area contributed by atoms with Crippen LogP contribution in [0.4, 0.5) is 0 Å². The fourth-order valence-corrected chi connectivity index (χ4v) is 4.23. The smallest absolute Gasteiger partial charge is 0.261 e. The van der Waals surface area contributed by atoms with Crippen LogP contribution in [0.5, 0.6) is 34.5 Å². The van der Waals surface area contributed by atoms with Crippen LogP contribution >= 0.6 is 0 Å². The first-order chi connectivity index (χ1) is 17.0. The summed E-state index contributed by atoms with van der Waals surface area (Å²) in [6, 6.07) is 6.57. The first-order valence-electron chi connectivity index (χ1n) is 10.4. The van der Waals surface area contributed by atoms with Crippen LogP contribution in [0.2, 0.25) is 0 Å². The van der Waals surface area contributed by atoms with Crippen molar-refractivity contribution in [3.05, 3.63) is 88.9 Å². The molecular formula is C24H16N2O10. The Morgan fingerprint density at radius 2 is 0.694 bits per heavy atom. The highest BCUT2D eigenvalue weighted by molar-refractivity contribution is 5.97. The second-order valence-electron chi connectivity index (χ2n) is 8.30. The van der Waals surface area contributed by atoms with Gasteiger partial charge >= 0.3 is 0 Å². The molecule has 0 unspecified atom stereocenters. The molecule has 0 saturated carbocycles. The van der Waals surface area contributed by atoms with E-state index in [0.717, 1.165) is 45.5 Å². The van der Waals surface area contributed by atoms with Crippen LogP contribution in [0.25, 0.3) is 21.5 Å². The minimum absolute atomic E-state index is 0.117. The van der Waals surface area contributed by atoms with E-state index in [1.807, 2.05) is 0 Å². The Labute approximate surface area is 198 Å². The molecule has 3 aromatic carbocycles. The van der Waals surface area contributed by atoms with E-state index in [1.165, 1.54) is 0 Å². The number of aromatic hydroxyl groups is 6. The second kappa shape index (κ2) is 7.63. The highest BCUT2D eigenvalue weighted by Gasteiger charge is 2.21. The molecule has 0 aliphatic rings. The molecule has 0 fully saturated rings. The molecule has 2 aromatic heterocycles. The summed E-state index contributed by atoms with van der Waals surface area (Å²) in [4.78, 5) is 51.8. The van der Waals surface area contributed by atoms with Crippen molar-refractivity contribution >= 4 is 21.5 Å². The minimum atomic E-state index is -0.767. The summed E-state index contributed by atoms with van der Waals surface area (Å²) in [6.45, 7) is -0.722. The molecule has 0 amide bonds. The van der Waals surface area contributed by atoms with Crippen LogP contribution in [0.3, 0.4) is 0 Å². The van der Waals surface area contributed by atoms with Crippen molar-refractivity contribution in [3.63, 3.8) is 0 Å². The molecule has 182 valence electrons. The predicted octanol–water partition coefficient (Wildman–Crippen LogP) is 0.243. The van der Waals surface area contributed by atoms with Crippen LogP contribution in [0, 0.1) is 0 Å². The second-order valence-corrected chi connectivity index (χ2v) is 8.30. The maximum Gasteiger partial charge on any atom is 0.261 e.